The summed E-state index contributed by atoms with van der Waals surface area (Å²) in [6, 6.07) is 8.85. The third-order valence-electron chi connectivity index (χ3n) is 2.96. The van der Waals surface area contributed by atoms with E-state index in [4.69, 9.17) is 26.0 Å². The van der Waals surface area contributed by atoms with Gasteiger partial charge in [0.1, 0.15) is 23.2 Å². The number of ether oxygens (including phenoxy) is 1. The first-order valence-electron chi connectivity index (χ1n) is 6.79. The molecule has 0 aliphatic rings. The molecule has 1 heterocycles. The van der Waals surface area contributed by atoms with Gasteiger partial charge in [0.25, 0.3) is 5.69 Å². The van der Waals surface area contributed by atoms with E-state index in [0.29, 0.717) is 11.3 Å². The number of carbonyl (C=O) groups excluding carboxylic acids is 1. The Kier molecular flexibility index (Phi) is 5.35. The van der Waals surface area contributed by atoms with Crippen LogP contribution in [0.3, 0.4) is 0 Å². The molecule has 0 saturated heterocycles. The fraction of sp³-hybridized carbons (Fsp3) is 0.125. The molecule has 1 aromatic carbocycles. The summed E-state index contributed by atoms with van der Waals surface area (Å²) in [5, 5.41) is 19.9. The molecule has 1 aromatic heterocycles. The molecule has 0 amide bonds. The van der Waals surface area contributed by atoms with Gasteiger partial charge in [0.15, 0.2) is 0 Å². The monoisotopic (exact) mass is 346 g/mol. The fourth-order valence-electron chi connectivity index (χ4n) is 1.88. The van der Waals surface area contributed by atoms with Crippen molar-refractivity contribution in [1.29, 1.82) is 5.26 Å². The summed E-state index contributed by atoms with van der Waals surface area (Å²) in [7, 11) is 0. The number of nitro groups is 1. The van der Waals surface area contributed by atoms with Gasteiger partial charge in [0, 0.05) is 23.8 Å². The van der Waals surface area contributed by atoms with Gasteiger partial charge in [0.2, 0.25) is 0 Å². The molecule has 0 aliphatic heterocycles. The lowest BCUT2D eigenvalue weighted by molar-refractivity contribution is -0.384. The number of furan rings is 1. The van der Waals surface area contributed by atoms with Gasteiger partial charge in [-0.2, -0.15) is 5.26 Å². The summed E-state index contributed by atoms with van der Waals surface area (Å²) in [6.07, 6.45) is 1.25. The molecule has 2 aromatic rings. The molecule has 0 spiro atoms. The maximum Gasteiger partial charge on any atom is 0.349 e. The van der Waals surface area contributed by atoms with Crippen molar-refractivity contribution < 1.29 is 18.9 Å². The summed E-state index contributed by atoms with van der Waals surface area (Å²) in [6.45, 7) is 1.79. The number of hydrogen-bond donors (Lipinski definition) is 0. The highest BCUT2D eigenvalue weighted by Gasteiger charge is 2.15. The van der Waals surface area contributed by atoms with E-state index in [0.717, 1.165) is 0 Å². The molecule has 0 radical (unpaired) electrons. The minimum atomic E-state index is -0.744. The lowest BCUT2D eigenvalue weighted by Crippen LogP contribution is -2.05. The third kappa shape index (κ3) is 3.80. The fourth-order valence-corrected chi connectivity index (χ4v) is 2.15. The predicted octanol–water partition coefficient (Wildman–Crippen LogP) is 3.98. The SMILES string of the molecule is CCOC(=O)/C(C#N)=C/c1ccc(-c2ccc([N+](=O)[O-])cc2Cl)o1. The lowest BCUT2D eigenvalue weighted by atomic mass is 10.1. The highest BCUT2D eigenvalue weighted by Crippen LogP contribution is 2.32. The Balaban J connectivity index is 2.33. The van der Waals surface area contributed by atoms with Crippen molar-refractivity contribution in [1.82, 2.24) is 0 Å². The van der Waals surface area contributed by atoms with Crippen LogP contribution in [0.2, 0.25) is 5.02 Å². The van der Waals surface area contributed by atoms with Crippen LogP contribution in [0.25, 0.3) is 17.4 Å². The largest absolute Gasteiger partial charge is 0.462 e. The Bertz CT molecular complexity index is 864. The van der Waals surface area contributed by atoms with Gasteiger partial charge in [-0.1, -0.05) is 11.6 Å². The maximum atomic E-state index is 11.6. The standard InChI is InChI=1S/C16H11ClN2O5/c1-2-23-16(20)10(9-18)7-12-4-6-15(24-12)13-5-3-11(19(21)22)8-14(13)17/h3-8H,2H2,1H3/b10-7+. The zero-order chi connectivity index (χ0) is 17.7. The van der Waals surface area contributed by atoms with Gasteiger partial charge in [0.05, 0.1) is 16.6 Å². The van der Waals surface area contributed by atoms with Crippen LogP contribution in [0.1, 0.15) is 12.7 Å². The first-order chi connectivity index (χ1) is 11.5. The van der Waals surface area contributed by atoms with E-state index in [1.54, 1.807) is 25.1 Å². The van der Waals surface area contributed by atoms with E-state index >= 15 is 0 Å². The number of nitriles is 1. The van der Waals surface area contributed by atoms with Crippen LogP contribution >= 0.6 is 11.6 Å². The van der Waals surface area contributed by atoms with E-state index in [9.17, 15) is 14.9 Å². The van der Waals surface area contributed by atoms with Crippen molar-refractivity contribution in [3.63, 3.8) is 0 Å². The Morgan fingerprint density at radius 3 is 2.79 bits per heavy atom. The number of non-ortho nitro benzene ring substituents is 1. The first kappa shape index (κ1) is 17.2. The Labute approximate surface area is 141 Å². The number of carbonyl (C=O) groups is 1. The second kappa shape index (κ2) is 7.44. The van der Waals surface area contributed by atoms with Gasteiger partial charge >= 0.3 is 5.97 Å². The average molecular weight is 347 g/mol. The molecule has 24 heavy (non-hydrogen) atoms. The number of esters is 1. The van der Waals surface area contributed by atoms with E-state index in [-0.39, 0.29) is 28.7 Å². The Morgan fingerprint density at radius 2 is 2.21 bits per heavy atom. The van der Waals surface area contributed by atoms with Crippen LogP contribution in [0, 0.1) is 21.4 Å². The number of rotatable bonds is 5. The van der Waals surface area contributed by atoms with Crippen LogP contribution in [0.15, 0.2) is 40.3 Å². The molecule has 0 atom stereocenters. The normalized spacial score (nSPS) is 11.0. The molecule has 2 rings (SSSR count). The summed E-state index contributed by atoms with van der Waals surface area (Å²) < 4.78 is 10.3. The molecule has 0 unspecified atom stereocenters. The summed E-state index contributed by atoms with van der Waals surface area (Å²) >= 11 is 6.04. The molecular formula is C16H11ClN2O5. The molecule has 122 valence electrons. The van der Waals surface area contributed by atoms with Crippen molar-refractivity contribution in [2.45, 2.75) is 6.92 Å². The Hall–Kier alpha value is -3.11. The molecule has 0 aliphatic carbocycles. The average Bonchev–Trinajstić information content (AvgIpc) is 3.00. The van der Waals surface area contributed by atoms with Gasteiger partial charge in [-0.15, -0.1) is 0 Å². The molecular weight excluding hydrogens is 336 g/mol. The Morgan fingerprint density at radius 1 is 1.46 bits per heavy atom. The molecule has 0 fully saturated rings. The number of nitrogens with zero attached hydrogens (tertiary/aromatic N) is 2. The molecule has 7 nitrogen and oxygen atoms in total. The van der Waals surface area contributed by atoms with Crippen LogP contribution < -0.4 is 0 Å². The number of benzene rings is 1. The van der Waals surface area contributed by atoms with Crippen LogP contribution in [0.5, 0.6) is 0 Å². The van der Waals surface area contributed by atoms with Crippen LogP contribution in [-0.2, 0) is 9.53 Å². The van der Waals surface area contributed by atoms with E-state index in [2.05, 4.69) is 0 Å². The van der Waals surface area contributed by atoms with Crippen molar-refractivity contribution in [2.75, 3.05) is 6.61 Å². The van der Waals surface area contributed by atoms with Crippen molar-refractivity contribution in [3.8, 4) is 17.4 Å². The van der Waals surface area contributed by atoms with Crippen molar-refractivity contribution in [3.05, 3.63) is 56.8 Å². The topological polar surface area (TPSA) is 106 Å². The summed E-state index contributed by atoms with van der Waals surface area (Å²) in [5.41, 5.74) is 0.119. The summed E-state index contributed by atoms with van der Waals surface area (Å²) in [4.78, 5) is 21.7. The third-order valence-corrected chi connectivity index (χ3v) is 3.27. The maximum absolute atomic E-state index is 11.6. The predicted molar refractivity (Wildman–Crippen MR) is 86.0 cm³/mol. The highest BCUT2D eigenvalue weighted by molar-refractivity contribution is 6.33. The molecule has 0 N–H and O–H groups in total. The molecule has 8 heteroatoms. The quantitative estimate of drug-likeness (QED) is 0.266. The van der Waals surface area contributed by atoms with E-state index in [1.807, 2.05) is 0 Å². The number of hydrogen-bond acceptors (Lipinski definition) is 6. The van der Waals surface area contributed by atoms with Gasteiger partial charge in [-0.05, 0) is 25.1 Å². The van der Waals surface area contributed by atoms with Gasteiger partial charge in [-0.25, -0.2) is 4.79 Å². The zero-order valence-electron chi connectivity index (χ0n) is 12.5. The van der Waals surface area contributed by atoms with Crippen molar-refractivity contribution >= 4 is 29.3 Å². The zero-order valence-corrected chi connectivity index (χ0v) is 13.2. The second-order valence-electron chi connectivity index (χ2n) is 4.51. The van der Waals surface area contributed by atoms with Crippen molar-refractivity contribution in [2.24, 2.45) is 0 Å². The number of halogens is 1. The molecule has 0 saturated carbocycles. The minimum absolute atomic E-state index is 0.135. The van der Waals surface area contributed by atoms with Crippen LogP contribution in [-0.4, -0.2) is 17.5 Å². The molecule has 0 bridgehead atoms. The van der Waals surface area contributed by atoms with Crippen LogP contribution in [0.4, 0.5) is 5.69 Å². The highest BCUT2D eigenvalue weighted by atomic mass is 35.5. The minimum Gasteiger partial charge on any atom is -0.462 e. The van der Waals surface area contributed by atoms with E-state index in [1.165, 1.54) is 24.3 Å². The smallest absolute Gasteiger partial charge is 0.349 e. The lowest BCUT2D eigenvalue weighted by Gasteiger charge is -2.01. The first-order valence-corrected chi connectivity index (χ1v) is 7.17. The summed E-state index contributed by atoms with van der Waals surface area (Å²) in [5.74, 6) is -0.141. The van der Waals surface area contributed by atoms with Gasteiger partial charge < -0.3 is 9.15 Å². The number of nitro benzene ring substituents is 1. The van der Waals surface area contributed by atoms with E-state index < -0.39 is 10.9 Å². The van der Waals surface area contributed by atoms with Gasteiger partial charge in [-0.3, -0.25) is 10.1 Å². The second-order valence-corrected chi connectivity index (χ2v) is 4.92.